The number of pyridine rings is 1. The Balaban J connectivity index is 2.48. The average Bonchev–Trinajstić information content (AvgIpc) is 2.51. The molecule has 2 rings (SSSR count). The topological polar surface area (TPSA) is 40.7 Å². The summed E-state index contributed by atoms with van der Waals surface area (Å²) in [7, 11) is 0. The lowest BCUT2D eigenvalue weighted by Crippen LogP contribution is -2.09. The van der Waals surface area contributed by atoms with Crippen LogP contribution in [0.4, 0.5) is 5.69 Å². The molecule has 0 unspecified atom stereocenters. The molecule has 2 N–H and O–H groups in total. The Kier molecular flexibility index (Phi) is 1.93. The van der Waals surface area contributed by atoms with Crippen LogP contribution in [0, 0.1) is 0 Å². The molecule has 0 spiro atoms. The summed E-state index contributed by atoms with van der Waals surface area (Å²) in [5.41, 5.74) is 2.08. The molecule has 0 aromatic carbocycles. The van der Waals surface area contributed by atoms with E-state index in [1.54, 1.807) is 0 Å². The maximum absolute atomic E-state index is 4.21. The Morgan fingerprint density at radius 1 is 1.38 bits per heavy atom. The van der Waals surface area contributed by atoms with Crippen molar-refractivity contribution >= 4 is 16.7 Å². The number of nitrogens with one attached hydrogen (secondary N) is 2. The van der Waals surface area contributed by atoms with Crippen LogP contribution in [0.1, 0.15) is 13.8 Å². The number of hydrogen-bond donors (Lipinski definition) is 2. The second kappa shape index (κ2) is 3.09. The number of aromatic nitrogens is 2. The molecule has 0 aliphatic heterocycles. The standard InChI is InChI=1S/C10H13N3/c1-7(2)13-9-4-6-12-10-8(9)3-5-11-10/h3-7H,1-2H3,(H2,11,12,13). The Hall–Kier alpha value is -1.51. The summed E-state index contributed by atoms with van der Waals surface area (Å²) >= 11 is 0. The van der Waals surface area contributed by atoms with E-state index in [-0.39, 0.29) is 0 Å². The third-order valence-electron chi connectivity index (χ3n) is 1.90. The molecule has 0 amide bonds. The van der Waals surface area contributed by atoms with Crippen molar-refractivity contribution in [2.45, 2.75) is 19.9 Å². The first-order valence-corrected chi connectivity index (χ1v) is 4.46. The van der Waals surface area contributed by atoms with Crippen molar-refractivity contribution in [2.75, 3.05) is 5.32 Å². The quantitative estimate of drug-likeness (QED) is 0.735. The van der Waals surface area contributed by atoms with Crippen molar-refractivity contribution in [1.82, 2.24) is 9.97 Å². The summed E-state index contributed by atoms with van der Waals surface area (Å²) in [6.45, 7) is 4.25. The predicted octanol–water partition coefficient (Wildman–Crippen LogP) is 2.38. The van der Waals surface area contributed by atoms with E-state index in [0.717, 1.165) is 16.7 Å². The maximum Gasteiger partial charge on any atom is 0.139 e. The van der Waals surface area contributed by atoms with Gasteiger partial charge < -0.3 is 10.3 Å². The molecule has 2 aromatic heterocycles. The van der Waals surface area contributed by atoms with E-state index in [1.807, 2.05) is 24.5 Å². The maximum atomic E-state index is 4.21. The predicted molar refractivity (Wildman–Crippen MR) is 54.9 cm³/mol. The van der Waals surface area contributed by atoms with Gasteiger partial charge in [0.1, 0.15) is 5.65 Å². The van der Waals surface area contributed by atoms with Crippen molar-refractivity contribution in [3.63, 3.8) is 0 Å². The van der Waals surface area contributed by atoms with Gasteiger partial charge in [0, 0.05) is 29.5 Å². The molecule has 0 saturated carbocycles. The zero-order valence-corrected chi connectivity index (χ0v) is 7.83. The molecule has 0 fully saturated rings. The Morgan fingerprint density at radius 2 is 2.23 bits per heavy atom. The highest BCUT2D eigenvalue weighted by Crippen LogP contribution is 2.20. The smallest absolute Gasteiger partial charge is 0.139 e. The number of hydrogen-bond acceptors (Lipinski definition) is 2. The second-order valence-corrected chi connectivity index (χ2v) is 3.40. The molecular formula is C10H13N3. The van der Waals surface area contributed by atoms with Crippen LogP contribution < -0.4 is 5.32 Å². The summed E-state index contributed by atoms with van der Waals surface area (Å²) in [6, 6.07) is 4.48. The number of rotatable bonds is 2. The third-order valence-corrected chi connectivity index (χ3v) is 1.90. The molecule has 3 nitrogen and oxygen atoms in total. The monoisotopic (exact) mass is 175 g/mol. The van der Waals surface area contributed by atoms with Crippen LogP contribution in [0.5, 0.6) is 0 Å². The van der Waals surface area contributed by atoms with Crippen LogP contribution in [-0.2, 0) is 0 Å². The van der Waals surface area contributed by atoms with Crippen molar-refractivity contribution in [3.05, 3.63) is 24.5 Å². The van der Waals surface area contributed by atoms with Gasteiger partial charge in [0.15, 0.2) is 0 Å². The molecule has 13 heavy (non-hydrogen) atoms. The van der Waals surface area contributed by atoms with Gasteiger partial charge in [-0.3, -0.25) is 0 Å². The fourth-order valence-corrected chi connectivity index (χ4v) is 1.40. The lowest BCUT2D eigenvalue weighted by atomic mass is 10.2. The number of nitrogens with zero attached hydrogens (tertiary/aromatic N) is 1. The van der Waals surface area contributed by atoms with Crippen molar-refractivity contribution < 1.29 is 0 Å². The van der Waals surface area contributed by atoms with Crippen LogP contribution in [0.2, 0.25) is 0 Å². The Labute approximate surface area is 77.2 Å². The summed E-state index contributed by atoms with van der Waals surface area (Å²) in [6.07, 6.45) is 3.72. The lowest BCUT2D eigenvalue weighted by Gasteiger charge is -2.10. The molecule has 68 valence electrons. The lowest BCUT2D eigenvalue weighted by molar-refractivity contribution is 0.901. The van der Waals surface area contributed by atoms with E-state index in [1.165, 1.54) is 0 Å². The second-order valence-electron chi connectivity index (χ2n) is 3.40. The Morgan fingerprint density at radius 3 is 3.00 bits per heavy atom. The zero-order valence-electron chi connectivity index (χ0n) is 7.83. The van der Waals surface area contributed by atoms with Crippen LogP contribution in [-0.4, -0.2) is 16.0 Å². The highest BCUT2D eigenvalue weighted by Gasteiger charge is 2.02. The molecule has 0 atom stereocenters. The van der Waals surface area contributed by atoms with Gasteiger partial charge in [-0.25, -0.2) is 4.98 Å². The average molecular weight is 175 g/mol. The summed E-state index contributed by atoms with van der Waals surface area (Å²) < 4.78 is 0. The first-order valence-electron chi connectivity index (χ1n) is 4.46. The van der Waals surface area contributed by atoms with E-state index < -0.39 is 0 Å². The van der Waals surface area contributed by atoms with Gasteiger partial charge in [-0.1, -0.05) is 0 Å². The van der Waals surface area contributed by atoms with Gasteiger partial charge in [0.05, 0.1) is 0 Å². The van der Waals surface area contributed by atoms with Crippen molar-refractivity contribution in [3.8, 4) is 0 Å². The first-order chi connectivity index (χ1) is 6.27. The van der Waals surface area contributed by atoms with E-state index in [9.17, 15) is 0 Å². The highest BCUT2D eigenvalue weighted by atomic mass is 14.9. The SMILES string of the molecule is CC(C)Nc1ccnc2[nH]ccc12. The molecule has 2 aromatic rings. The molecule has 0 aliphatic carbocycles. The molecule has 2 heterocycles. The van der Waals surface area contributed by atoms with Crippen LogP contribution in [0.25, 0.3) is 11.0 Å². The molecule has 0 aliphatic rings. The van der Waals surface area contributed by atoms with Crippen molar-refractivity contribution in [1.29, 1.82) is 0 Å². The summed E-state index contributed by atoms with van der Waals surface area (Å²) in [5, 5.41) is 4.52. The highest BCUT2D eigenvalue weighted by molar-refractivity contribution is 5.89. The van der Waals surface area contributed by atoms with Crippen LogP contribution in [0.15, 0.2) is 24.5 Å². The zero-order chi connectivity index (χ0) is 9.26. The summed E-state index contributed by atoms with van der Waals surface area (Å²) in [5.74, 6) is 0. The normalized spacial score (nSPS) is 11.0. The van der Waals surface area contributed by atoms with Crippen LogP contribution >= 0.6 is 0 Å². The molecular weight excluding hydrogens is 162 g/mol. The number of aromatic amines is 1. The minimum Gasteiger partial charge on any atom is -0.382 e. The fraction of sp³-hybridized carbons (Fsp3) is 0.300. The minimum atomic E-state index is 0.445. The van der Waals surface area contributed by atoms with Gasteiger partial charge in [0.2, 0.25) is 0 Å². The van der Waals surface area contributed by atoms with E-state index in [2.05, 4.69) is 29.1 Å². The van der Waals surface area contributed by atoms with Gasteiger partial charge in [-0.05, 0) is 26.0 Å². The van der Waals surface area contributed by atoms with E-state index in [0.29, 0.717) is 6.04 Å². The number of H-pyrrole nitrogens is 1. The van der Waals surface area contributed by atoms with Gasteiger partial charge in [-0.15, -0.1) is 0 Å². The summed E-state index contributed by atoms with van der Waals surface area (Å²) in [4.78, 5) is 7.30. The molecule has 3 heteroatoms. The molecule has 0 radical (unpaired) electrons. The van der Waals surface area contributed by atoms with Gasteiger partial charge in [-0.2, -0.15) is 0 Å². The van der Waals surface area contributed by atoms with Gasteiger partial charge in [0.25, 0.3) is 0 Å². The van der Waals surface area contributed by atoms with E-state index >= 15 is 0 Å². The van der Waals surface area contributed by atoms with E-state index in [4.69, 9.17) is 0 Å². The Bertz CT molecular complexity index is 403. The molecule has 0 saturated heterocycles. The minimum absolute atomic E-state index is 0.445. The fourth-order valence-electron chi connectivity index (χ4n) is 1.40. The largest absolute Gasteiger partial charge is 0.382 e. The molecule has 0 bridgehead atoms. The van der Waals surface area contributed by atoms with Gasteiger partial charge >= 0.3 is 0 Å². The third kappa shape index (κ3) is 1.49. The van der Waals surface area contributed by atoms with Crippen LogP contribution in [0.3, 0.4) is 0 Å². The number of fused-ring (bicyclic) bond motifs is 1. The van der Waals surface area contributed by atoms with Crippen molar-refractivity contribution in [2.24, 2.45) is 0 Å². The number of anilines is 1. The first kappa shape index (κ1) is 8.10.